The van der Waals surface area contributed by atoms with Crippen LogP contribution in [-0.4, -0.2) is 31.1 Å². The van der Waals surface area contributed by atoms with Crippen molar-refractivity contribution in [2.24, 2.45) is 0 Å². The Morgan fingerprint density at radius 3 is 2.19 bits per heavy atom. The number of hydrogen-bond acceptors (Lipinski definition) is 5. The first-order valence-electron chi connectivity index (χ1n) is 8.42. The third kappa shape index (κ3) is 5.57. The van der Waals surface area contributed by atoms with Crippen LogP contribution in [0.4, 0.5) is 10.5 Å². The molecule has 0 aliphatic carbocycles. The number of ether oxygens (including phenoxy) is 2. The Kier molecular flexibility index (Phi) is 6.93. The summed E-state index contributed by atoms with van der Waals surface area (Å²) >= 11 is 0. The number of anilines is 1. The predicted octanol–water partition coefficient (Wildman–Crippen LogP) is 3.29. The Morgan fingerprint density at radius 2 is 1.56 bits per heavy atom. The van der Waals surface area contributed by atoms with Gasteiger partial charge in [-0.2, -0.15) is 0 Å². The average Bonchev–Trinajstić information content (AvgIpc) is 2.65. The van der Waals surface area contributed by atoms with Gasteiger partial charge in [0.2, 0.25) is 6.10 Å². The largest absolute Gasteiger partial charge is 0.466 e. The van der Waals surface area contributed by atoms with Gasteiger partial charge in [-0.15, -0.1) is 0 Å². The molecule has 0 aromatic heterocycles. The predicted molar refractivity (Wildman–Crippen MR) is 100 cm³/mol. The molecule has 0 spiro atoms. The third-order valence-corrected chi connectivity index (χ3v) is 3.56. The van der Waals surface area contributed by atoms with Gasteiger partial charge >= 0.3 is 18.0 Å². The molecule has 142 valence electrons. The Balaban J connectivity index is 2.23. The Hall–Kier alpha value is -3.35. The Morgan fingerprint density at radius 1 is 0.926 bits per heavy atom. The van der Waals surface area contributed by atoms with Gasteiger partial charge in [-0.1, -0.05) is 42.5 Å². The molecule has 0 unspecified atom stereocenters. The van der Waals surface area contributed by atoms with Crippen molar-refractivity contribution in [3.63, 3.8) is 0 Å². The normalized spacial score (nSPS) is 11.4. The van der Waals surface area contributed by atoms with Crippen molar-refractivity contribution >= 4 is 23.7 Å². The molecule has 2 rings (SSSR count). The van der Waals surface area contributed by atoms with Crippen molar-refractivity contribution in [1.82, 2.24) is 5.32 Å². The molecule has 0 aliphatic heterocycles. The number of methoxy groups -OCH3 is 1. The van der Waals surface area contributed by atoms with E-state index in [0.29, 0.717) is 5.56 Å². The smallest absolute Gasteiger partial charge is 0.351 e. The fraction of sp³-hybridized carbons (Fsp3) is 0.250. The summed E-state index contributed by atoms with van der Waals surface area (Å²) in [5.41, 5.74) is 0.888. The van der Waals surface area contributed by atoms with E-state index in [2.05, 4.69) is 10.6 Å². The number of urea groups is 1. The number of carbonyl (C=O) groups excluding carboxylic acids is 3. The fourth-order valence-corrected chi connectivity index (χ4v) is 2.35. The fourth-order valence-electron chi connectivity index (χ4n) is 2.35. The second-order valence-electron chi connectivity index (χ2n) is 6.02. The first-order valence-corrected chi connectivity index (χ1v) is 8.42. The van der Waals surface area contributed by atoms with Crippen LogP contribution >= 0.6 is 0 Å². The van der Waals surface area contributed by atoms with E-state index in [1.807, 2.05) is 13.8 Å². The van der Waals surface area contributed by atoms with Gasteiger partial charge < -0.3 is 20.1 Å². The monoisotopic (exact) mass is 370 g/mol. The van der Waals surface area contributed by atoms with Crippen molar-refractivity contribution in [1.29, 1.82) is 0 Å². The highest BCUT2D eigenvalue weighted by Gasteiger charge is 2.27. The van der Waals surface area contributed by atoms with Crippen LogP contribution in [0.5, 0.6) is 0 Å². The molecule has 2 aromatic rings. The summed E-state index contributed by atoms with van der Waals surface area (Å²) < 4.78 is 10.1. The molecule has 0 saturated heterocycles. The van der Waals surface area contributed by atoms with E-state index >= 15 is 0 Å². The van der Waals surface area contributed by atoms with E-state index in [4.69, 9.17) is 9.47 Å². The van der Waals surface area contributed by atoms with E-state index in [-0.39, 0.29) is 17.3 Å². The molecule has 7 heteroatoms. The van der Waals surface area contributed by atoms with E-state index < -0.39 is 24.1 Å². The van der Waals surface area contributed by atoms with Crippen LogP contribution in [-0.2, 0) is 14.3 Å². The summed E-state index contributed by atoms with van der Waals surface area (Å²) in [6.07, 6.45) is -1.21. The highest BCUT2D eigenvalue weighted by Crippen LogP contribution is 2.23. The molecule has 0 heterocycles. The van der Waals surface area contributed by atoms with Gasteiger partial charge in [0.25, 0.3) is 0 Å². The summed E-state index contributed by atoms with van der Waals surface area (Å²) in [4.78, 5) is 36.7. The zero-order valence-electron chi connectivity index (χ0n) is 15.4. The maximum absolute atomic E-state index is 12.7. The van der Waals surface area contributed by atoms with Crippen LogP contribution in [0.2, 0.25) is 0 Å². The van der Waals surface area contributed by atoms with Gasteiger partial charge in [-0.3, -0.25) is 0 Å². The maximum Gasteiger partial charge on any atom is 0.351 e. The minimum Gasteiger partial charge on any atom is -0.466 e. The van der Waals surface area contributed by atoms with Crippen LogP contribution in [0.25, 0.3) is 0 Å². The average molecular weight is 370 g/mol. The Labute approximate surface area is 157 Å². The molecule has 2 amide bonds. The molecule has 0 aliphatic rings. The molecule has 0 saturated carbocycles. The maximum atomic E-state index is 12.7. The van der Waals surface area contributed by atoms with E-state index in [9.17, 15) is 14.4 Å². The van der Waals surface area contributed by atoms with Gasteiger partial charge in [0, 0.05) is 11.6 Å². The first kappa shape index (κ1) is 20.0. The van der Waals surface area contributed by atoms with Gasteiger partial charge in [-0.05, 0) is 26.0 Å². The van der Waals surface area contributed by atoms with Crippen LogP contribution in [0.15, 0.2) is 54.6 Å². The lowest BCUT2D eigenvalue weighted by atomic mass is 10.1. The van der Waals surface area contributed by atoms with Gasteiger partial charge in [-0.25, -0.2) is 14.4 Å². The van der Waals surface area contributed by atoms with E-state index in [0.717, 1.165) is 0 Å². The zero-order valence-corrected chi connectivity index (χ0v) is 15.4. The highest BCUT2D eigenvalue weighted by atomic mass is 16.6. The van der Waals surface area contributed by atoms with Crippen LogP contribution in [0.1, 0.15) is 35.9 Å². The highest BCUT2D eigenvalue weighted by molar-refractivity contribution is 6.01. The molecule has 7 nitrogen and oxygen atoms in total. The number of benzene rings is 2. The lowest BCUT2D eigenvalue weighted by molar-refractivity contribution is -0.151. The molecule has 2 aromatic carbocycles. The topological polar surface area (TPSA) is 93.7 Å². The number of esters is 2. The summed E-state index contributed by atoms with van der Waals surface area (Å²) in [6.45, 7) is 3.64. The summed E-state index contributed by atoms with van der Waals surface area (Å²) in [7, 11) is 1.22. The van der Waals surface area contributed by atoms with Crippen molar-refractivity contribution in [2.75, 3.05) is 12.4 Å². The van der Waals surface area contributed by atoms with Crippen molar-refractivity contribution in [3.8, 4) is 0 Å². The van der Waals surface area contributed by atoms with Crippen LogP contribution in [0.3, 0.4) is 0 Å². The quantitative estimate of drug-likeness (QED) is 0.761. The molecular weight excluding hydrogens is 348 g/mol. The first-order chi connectivity index (χ1) is 12.9. The number of hydrogen-bond donors (Lipinski definition) is 2. The minimum absolute atomic E-state index is 0.0640. The van der Waals surface area contributed by atoms with Crippen LogP contribution < -0.4 is 10.6 Å². The Bertz CT molecular complexity index is 805. The minimum atomic E-state index is -1.21. The van der Waals surface area contributed by atoms with Gasteiger partial charge in [0.05, 0.1) is 18.4 Å². The molecule has 0 fully saturated rings. The standard InChI is InChI=1S/C20H22N2O5/c1-13(2)21-20(25)22-16-12-8-7-11-15(16)18(23)27-17(19(24)26-3)14-9-5-4-6-10-14/h4-13,17H,1-3H3,(H2,21,22,25)/t17-/m0/s1. The number of amides is 2. The van der Waals surface area contributed by atoms with E-state index in [1.165, 1.54) is 13.2 Å². The molecule has 0 radical (unpaired) electrons. The third-order valence-electron chi connectivity index (χ3n) is 3.56. The van der Waals surface area contributed by atoms with E-state index in [1.54, 1.807) is 48.5 Å². The number of nitrogens with one attached hydrogen (secondary N) is 2. The number of rotatable bonds is 6. The van der Waals surface area contributed by atoms with Crippen molar-refractivity contribution < 1.29 is 23.9 Å². The van der Waals surface area contributed by atoms with Crippen LogP contribution in [0, 0.1) is 0 Å². The summed E-state index contributed by atoms with van der Waals surface area (Å²) in [5, 5.41) is 5.29. The SMILES string of the molecule is COC(=O)[C@@H](OC(=O)c1ccccc1NC(=O)NC(C)C)c1ccccc1. The summed E-state index contributed by atoms with van der Waals surface area (Å²) in [6, 6.07) is 14.4. The summed E-state index contributed by atoms with van der Waals surface area (Å²) in [5.74, 6) is -1.45. The van der Waals surface area contributed by atoms with Gasteiger partial charge in [0.1, 0.15) is 0 Å². The molecular formula is C20H22N2O5. The zero-order chi connectivity index (χ0) is 19.8. The lowest BCUT2D eigenvalue weighted by Gasteiger charge is -2.18. The molecule has 2 N–H and O–H groups in total. The van der Waals surface area contributed by atoms with Crippen molar-refractivity contribution in [3.05, 3.63) is 65.7 Å². The second kappa shape index (κ2) is 9.38. The number of carbonyl (C=O) groups is 3. The lowest BCUT2D eigenvalue weighted by Crippen LogP contribution is -2.34. The molecule has 1 atom stereocenters. The molecule has 27 heavy (non-hydrogen) atoms. The second-order valence-corrected chi connectivity index (χ2v) is 6.02. The number of para-hydroxylation sites is 1. The van der Waals surface area contributed by atoms with Gasteiger partial charge in [0.15, 0.2) is 0 Å². The van der Waals surface area contributed by atoms with Crippen molar-refractivity contribution in [2.45, 2.75) is 26.0 Å². The molecule has 0 bridgehead atoms.